The Morgan fingerprint density at radius 3 is 2.94 bits per heavy atom. The van der Waals surface area contributed by atoms with Crippen molar-refractivity contribution in [3.05, 3.63) is 0 Å². The Morgan fingerprint density at radius 2 is 2.35 bits per heavy atom. The standard InChI is InChI=1S/C12H23NO3S/c1-12(15,6-7-16-2)9-13-11(14)10-5-3-4-8-17-10/h10,15H,3-9H2,1-2H3,(H,13,14). The molecule has 1 saturated heterocycles. The van der Waals surface area contributed by atoms with Crippen LogP contribution in [0.5, 0.6) is 0 Å². The number of ether oxygens (including phenoxy) is 1. The number of aliphatic hydroxyl groups is 1. The molecule has 0 aromatic carbocycles. The summed E-state index contributed by atoms with van der Waals surface area (Å²) in [5.74, 6) is 1.13. The van der Waals surface area contributed by atoms with Crippen molar-refractivity contribution in [1.82, 2.24) is 5.32 Å². The van der Waals surface area contributed by atoms with Gasteiger partial charge in [-0.15, -0.1) is 11.8 Å². The molecule has 1 rings (SSSR count). The van der Waals surface area contributed by atoms with Crippen LogP contribution in [0.25, 0.3) is 0 Å². The minimum Gasteiger partial charge on any atom is -0.388 e. The van der Waals surface area contributed by atoms with E-state index in [0.29, 0.717) is 19.6 Å². The molecule has 0 spiro atoms. The van der Waals surface area contributed by atoms with E-state index in [1.807, 2.05) is 0 Å². The van der Waals surface area contributed by atoms with Crippen molar-refractivity contribution < 1.29 is 14.6 Å². The highest BCUT2D eigenvalue weighted by molar-refractivity contribution is 8.00. The van der Waals surface area contributed by atoms with Gasteiger partial charge in [-0.3, -0.25) is 4.79 Å². The molecule has 1 aliphatic heterocycles. The number of hydrogen-bond donors (Lipinski definition) is 2. The van der Waals surface area contributed by atoms with E-state index in [0.717, 1.165) is 18.6 Å². The van der Waals surface area contributed by atoms with Crippen LogP contribution in [0, 0.1) is 0 Å². The van der Waals surface area contributed by atoms with Gasteiger partial charge in [0.2, 0.25) is 5.91 Å². The lowest BCUT2D eigenvalue weighted by molar-refractivity contribution is -0.122. The van der Waals surface area contributed by atoms with Crippen LogP contribution in [0.4, 0.5) is 0 Å². The predicted molar refractivity (Wildman–Crippen MR) is 70.2 cm³/mol. The first-order valence-electron chi connectivity index (χ1n) is 6.16. The fourth-order valence-electron chi connectivity index (χ4n) is 1.75. The summed E-state index contributed by atoms with van der Waals surface area (Å²) in [5.41, 5.74) is -0.884. The van der Waals surface area contributed by atoms with Gasteiger partial charge in [0, 0.05) is 26.7 Å². The first-order chi connectivity index (χ1) is 8.05. The van der Waals surface area contributed by atoms with Gasteiger partial charge in [0.15, 0.2) is 0 Å². The molecule has 1 fully saturated rings. The van der Waals surface area contributed by atoms with Crippen molar-refractivity contribution in [3.8, 4) is 0 Å². The molecular weight excluding hydrogens is 238 g/mol. The number of carbonyl (C=O) groups excluding carboxylic acids is 1. The summed E-state index contributed by atoms with van der Waals surface area (Å²) < 4.78 is 4.92. The molecule has 4 nitrogen and oxygen atoms in total. The molecule has 1 heterocycles. The molecule has 0 aromatic heterocycles. The average molecular weight is 261 g/mol. The minimum atomic E-state index is -0.884. The third-order valence-electron chi connectivity index (χ3n) is 2.96. The molecule has 0 bridgehead atoms. The second-order valence-electron chi connectivity index (χ2n) is 4.81. The van der Waals surface area contributed by atoms with Crippen LogP contribution in [-0.4, -0.2) is 47.9 Å². The highest BCUT2D eigenvalue weighted by atomic mass is 32.2. The topological polar surface area (TPSA) is 58.6 Å². The van der Waals surface area contributed by atoms with E-state index < -0.39 is 5.60 Å². The number of hydrogen-bond acceptors (Lipinski definition) is 4. The van der Waals surface area contributed by atoms with Gasteiger partial charge in [0.1, 0.15) is 0 Å². The van der Waals surface area contributed by atoms with Gasteiger partial charge in [-0.1, -0.05) is 6.42 Å². The predicted octanol–water partition coefficient (Wildman–Crippen LogP) is 1.18. The number of thioether (sulfide) groups is 1. The first-order valence-corrected chi connectivity index (χ1v) is 7.21. The van der Waals surface area contributed by atoms with Crippen molar-refractivity contribution in [1.29, 1.82) is 0 Å². The Morgan fingerprint density at radius 1 is 1.59 bits per heavy atom. The van der Waals surface area contributed by atoms with E-state index in [1.54, 1.807) is 25.8 Å². The van der Waals surface area contributed by atoms with Crippen molar-refractivity contribution >= 4 is 17.7 Å². The fourth-order valence-corrected chi connectivity index (χ4v) is 2.97. The molecule has 0 aromatic rings. The van der Waals surface area contributed by atoms with Gasteiger partial charge >= 0.3 is 0 Å². The number of methoxy groups -OCH3 is 1. The van der Waals surface area contributed by atoms with E-state index in [-0.39, 0.29) is 11.2 Å². The quantitative estimate of drug-likeness (QED) is 0.754. The molecule has 2 atom stereocenters. The van der Waals surface area contributed by atoms with E-state index in [9.17, 15) is 9.90 Å². The lowest BCUT2D eigenvalue weighted by Crippen LogP contribution is -2.44. The number of amides is 1. The molecular formula is C12H23NO3S. The van der Waals surface area contributed by atoms with E-state index in [1.165, 1.54) is 6.42 Å². The summed E-state index contributed by atoms with van der Waals surface area (Å²) in [6.45, 7) is 2.52. The zero-order valence-electron chi connectivity index (χ0n) is 10.7. The van der Waals surface area contributed by atoms with Gasteiger partial charge < -0.3 is 15.2 Å². The zero-order valence-corrected chi connectivity index (χ0v) is 11.5. The van der Waals surface area contributed by atoms with Crippen molar-refractivity contribution in [2.45, 2.75) is 43.5 Å². The van der Waals surface area contributed by atoms with E-state index in [2.05, 4.69) is 5.32 Å². The smallest absolute Gasteiger partial charge is 0.233 e. The molecule has 100 valence electrons. The molecule has 0 aliphatic carbocycles. The summed E-state index contributed by atoms with van der Waals surface area (Å²) in [4.78, 5) is 11.8. The molecule has 2 N–H and O–H groups in total. The van der Waals surface area contributed by atoms with Gasteiger partial charge in [-0.25, -0.2) is 0 Å². The van der Waals surface area contributed by atoms with Gasteiger partial charge in [0.05, 0.1) is 10.9 Å². The monoisotopic (exact) mass is 261 g/mol. The van der Waals surface area contributed by atoms with Crippen molar-refractivity contribution in [3.63, 3.8) is 0 Å². The largest absolute Gasteiger partial charge is 0.388 e. The van der Waals surface area contributed by atoms with E-state index >= 15 is 0 Å². The Hall–Kier alpha value is -0.260. The molecule has 5 heteroatoms. The SMILES string of the molecule is COCCC(C)(O)CNC(=O)C1CCCCS1. The summed E-state index contributed by atoms with van der Waals surface area (Å²) in [6, 6.07) is 0. The molecule has 0 saturated carbocycles. The number of rotatable bonds is 6. The maximum Gasteiger partial charge on any atom is 0.233 e. The average Bonchev–Trinajstić information content (AvgIpc) is 2.35. The van der Waals surface area contributed by atoms with Crippen LogP contribution in [0.15, 0.2) is 0 Å². The molecule has 17 heavy (non-hydrogen) atoms. The summed E-state index contributed by atoms with van der Waals surface area (Å²) in [6.07, 6.45) is 3.82. The molecule has 1 amide bonds. The third-order valence-corrected chi connectivity index (χ3v) is 4.34. The number of carbonyl (C=O) groups is 1. The first kappa shape index (κ1) is 14.8. The lowest BCUT2D eigenvalue weighted by Gasteiger charge is -2.26. The van der Waals surface area contributed by atoms with E-state index in [4.69, 9.17) is 4.74 Å². The molecule has 0 radical (unpaired) electrons. The Balaban J connectivity index is 2.26. The summed E-state index contributed by atoms with van der Waals surface area (Å²) >= 11 is 1.72. The lowest BCUT2D eigenvalue weighted by atomic mass is 10.0. The van der Waals surface area contributed by atoms with Crippen LogP contribution in [0.3, 0.4) is 0 Å². The van der Waals surface area contributed by atoms with Crippen LogP contribution < -0.4 is 5.32 Å². The number of nitrogens with one attached hydrogen (secondary N) is 1. The van der Waals surface area contributed by atoms with Crippen LogP contribution in [0.2, 0.25) is 0 Å². The van der Waals surface area contributed by atoms with Crippen LogP contribution >= 0.6 is 11.8 Å². The van der Waals surface area contributed by atoms with Gasteiger partial charge in [0.25, 0.3) is 0 Å². The second-order valence-corrected chi connectivity index (χ2v) is 6.12. The summed E-state index contributed by atoms with van der Waals surface area (Å²) in [5, 5.41) is 12.9. The van der Waals surface area contributed by atoms with Crippen LogP contribution in [-0.2, 0) is 9.53 Å². The third kappa shape index (κ3) is 5.75. The maximum atomic E-state index is 11.8. The Bertz CT molecular complexity index is 240. The Labute approximate surface area is 107 Å². The normalized spacial score (nSPS) is 24.1. The zero-order chi connectivity index (χ0) is 12.7. The van der Waals surface area contributed by atoms with Crippen molar-refractivity contribution in [2.24, 2.45) is 0 Å². The Kier molecular flexibility index (Phi) is 6.30. The highest BCUT2D eigenvalue weighted by Crippen LogP contribution is 2.25. The fraction of sp³-hybridized carbons (Fsp3) is 0.917. The minimum absolute atomic E-state index is 0.0624. The van der Waals surface area contributed by atoms with Crippen molar-refractivity contribution in [2.75, 3.05) is 26.0 Å². The van der Waals surface area contributed by atoms with Gasteiger partial charge in [-0.2, -0.15) is 0 Å². The summed E-state index contributed by atoms with van der Waals surface area (Å²) in [7, 11) is 1.60. The highest BCUT2D eigenvalue weighted by Gasteiger charge is 2.25. The molecule has 2 unspecified atom stereocenters. The molecule has 1 aliphatic rings. The van der Waals surface area contributed by atoms with Crippen LogP contribution in [0.1, 0.15) is 32.6 Å². The van der Waals surface area contributed by atoms with Gasteiger partial charge in [-0.05, 0) is 25.5 Å². The second kappa shape index (κ2) is 7.24. The maximum absolute atomic E-state index is 11.8.